The number of allylic oxidation sites excluding steroid dienone is 4. The van der Waals surface area contributed by atoms with Crippen LogP contribution in [0.5, 0.6) is 0 Å². The molecule has 30 heavy (non-hydrogen) atoms. The second-order valence-electron chi connectivity index (χ2n) is 8.39. The van der Waals surface area contributed by atoms with Crippen LogP contribution in [-0.4, -0.2) is 15.5 Å². The van der Waals surface area contributed by atoms with Gasteiger partial charge in [-0.2, -0.15) is 0 Å². The number of carbonyl (C=O) groups excluding carboxylic acids is 1. The Bertz CT molecular complexity index is 1290. The molecule has 1 aromatic heterocycles. The number of Topliss-reactive ketones (excluding diaryl/α,β-unsaturated/α-hetero) is 1. The number of halogens is 1. The van der Waals surface area contributed by atoms with Crippen molar-refractivity contribution in [2.24, 2.45) is 7.05 Å². The Morgan fingerprint density at radius 2 is 1.90 bits per heavy atom. The van der Waals surface area contributed by atoms with Gasteiger partial charge in [0.15, 0.2) is 0 Å². The van der Waals surface area contributed by atoms with Gasteiger partial charge in [0.05, 0.1) is 11.1 Å². The van der Waals surface area contributed by atoms with Crippen LogP contribution in [-0.2, 0) is 17.3 Å². The molecule has 0 fully saturated rings. The summed E-state index contributed by atoms with van der Waals surface area (Å²) in [6.45, 7) is 10.4. The zero-order valence-electron chi connectivity index (χ0n) is 17.6. The summed E-state index contributed by atoms with van der Waals surface area (Å²) in [4.78, 5) is 13.0. The molecule has 1 N–H and O–H groups in total. The molecule has 2 aromatic carbocycles. The summed E-state index contributed by atoms with van der Waals surface area (Å²) in [5, 5.41) is 12.2. The smallest absolute Gasteiger partial charge is 0.201 e. The van der Waals surface area contributed by atoms with E-state index in [1.165, 1.54) is 0 Å². The average Bonchev–Trinajstić information content (AvgIpc) is 3.01. The average molecular weight is 418 g/mol. The molecule has 3 nitrogen and oxygen atoms in total. The number of carbonyl (C=O) groups is 1. The first-order chi connectivity index (χ1) is 14.1. The lowest BCUT2D eigenvalue weighted by molar-refractivity contribution is -0.111. The summed E-state index contributed by atoms with van der Waals surface area (Å²) in [6, 6.07) is 13.7. The normalized spacial score (nSPS) is 15.8. The maximum absolute atomic E-state index is 13.0. The largest absolute Gasteiger partial charge is 0.506 e. The molecular weight excluding hydrogens is 394 g/mol. The third-order valence-corrected chi connectivity index (χ3v) is 6.36. The number of fused-ring (bicyclic) bond motifs is 1. The van der Waals surface area contributed by atoms with Crippen molar-refractivity contribution in [2.75, 3.05) is 0 Å². The Hall–Kier alpha value is -3.04. The molecule has 0 spiro atoms. The first kappa shape index (κ1) is 20.2. The van der Waals surface area contributed by atoms with Gasteiger partial charge >= 0.3 is 0 Å². The topological polar surface area (TPSA) is 42.2 Å². The van der Waals surface area contributed by atoms with Gasteiger partial charge in [0, 0.05) is 40.1 Å². The van der Waals surface area contributed by atoms with E-state index in [4.69, 9.17) is 11.6 Å². The number of aromatic nitrogens is 1. The second-order valence-corrected chi connectivity index (χ2v) is 8.83. The third kappa shape index (κ3) is 3.01. The van der Waals surface area contributed by atoms with Crippen molar-refractivity contribution in [3.63, 3.8) is 0 Å². The minimum absolute atomic E-state index is 0.00853. The van der Waals surface area contributed by atoms with Crippen LogP contribution >= 0.6 is 11.6 Å². The summed E-state index contributed by atoms with van der Waals surface area (Å²) in [5.74, 6) is -0.170. The van der Waals surface area contributed by atoms with Crippen LogP contribution in [0.1, 0.15) is 30.5 Å². The zero-order valence-corrected chi connectivity index (χ0v) is 18.3. The number of aryl methyl sites for hydroxylation is 2. The standard InChI is InChI=1S/C26H24ClNO2/c1-15-8-6-7-9-21(15)26(3,4)16(2)12-19-24(29)23(25(19)30)20-14-28(5)22-11-10-17(27)13-18(20)22/h6-14,29H,2H2,1,3-5H3/b19-12-. The monoisotopic (exact) mass is 417 g/mol. The van der Waals surface area contributed by atoms with E-state index in [-0.39, 0.29) is 17.0 Å². The van der Waals surface area contributed by atoms with E-state index in [0.29, 0.717) is 21.7 Å². The van der Waals surface area contributed by atoms with Crippen LogP contribution < -0.4 is 0 Å². The number of nitrogens with zero attached hydrogens (tertiary/aromatic N) is 1. The van der Waals surface area contributed by atoms with E-state index < -0.39 is 0 Å². The van der Waals surface area contributed by atoms with Crippen molar-refractivity contribution < 1.29 is 9.90 Å². The maximum atomic E-state index is 13.0. The summed E-state index contributed by atoms with van der Waals surface area (Å²) in [5.41, 5.74) is 4.98. The van der Waals surface area contributed by atoms with Gasteiger partial charge in [-0.3, -0.25) is 4.79 Å². The van der Waals surface area contributed by atoms with Crippen LogP contribution in [0.2, 0.25) is 5.02 Å². The number of ketones is 1. The molecule has 4 rings (SSSR count). The van der Waals surface area contributed by atoms with Crippen LogP contribution in [0.15, 0.2) is 78.2 Å². The minimum atomic E-state index is -0.373. The highest BCUT2D eigenvalue weighted by molar-refractivity contribution is 6.40. The quantitative estimate of drug-likeness (QED) is 0.495. The van der Waals surface area contributed by atoms with Crippen molar-refractivity contribution >= 4 is 33.9 Å². The Morgan fingerprint density at radius 3 is 2.57 bits per heavy atom. The highest BCUT2D eigenvalue weighted by Gasteiger charge is 2.37. The lowest BCUT2D eigenvalue weighted by atomic mass is 9.74. The van der Waals surface area contributed by atoms with Gasteiger partial charge in [0.2, 0.25) is 5.78 Å². The third-order valence-electron chi connectivity index (χ3n) is 6.12. The Balaban J connectivity index is 1.75. The summed E-state index contributed by atoms with van der Waals surface area (Å²) < 4.78 is 1.93. The summed E-state index contributed by atoms with van der Waals surface area (Å²) >= 11 is 6.16. The molecule has 1 aliphatic rings. The molecule has 0 unspecified atom stereocenters. The summed E-state index contributed by atoms with van der Waals surface area (Å²) in [6.07, 6.45) is 3.57. The van der Waals surface area contributed by atoms with Gasteiger partial charge in [-0.25, -0.2) is 0 Å². The second kappa shape index (κ2) is 7.03. The van der Waals surface area contributed by atoms with Crippen molar-refractivity contribution in [3.8, 4) is 0 Å². The highest BCUT2D eigenvalue weighted by atomic mass is 35.5. The van der Waals surface area contributed by atoms with Gasteiger partial charge in [-0.05, 0) is 47.9 Å². The summed E-state index contributed by atoms with van der Waals surface area (Å²) in [7, 11) is 1.91. The van der Waals surface area contributed by atoms with E-state index in [0.717, 1.165) is 27.6 Å². The molecule has 0 saturated heterocycles. The van der Waals surface area contributed by atoms with Crippen LogP contribution in [0.25, 0.3) is 16.5 Å². The van der Waals surface area contributed by atoms with Crippen molar-refractivity contribution in [3.05, 3.63) is 99.9 Å². The van der Waals surface area contributed by atoms with E-state index >= 15 is 0 Å². The lowest BCUT2D eigenvalue weighted by Crippen LogP contribution is -2.24. The SMILES string of the molecule is C=C(/C=C1\C(=O)C(c2cn(C)c3ccc(Cl)cc23)=C1O)C(C)(C)c1ccccc1C. The predicted octanol–water partition coefficient (Wildman–Crippen LogP) is 6.45. The first-order valence-corrected chi connectivity index (χ1v) is 10.2. The number of hydrogen-bond donors (Lipinski definition) is 1. The number of aliphatic hydroxyl groups excluding tert-OH is 1. The number of rotatable bonds is 4. The number of aliphatic hydroxyl groups is 1. The molecule has 0 radical (unpaired) electrons. The fraction of sp³-hybridized carbons (Fsp3) is 0.192. The molecule has 1 heterocycles. The fourth-order valence-corrected chi connectivity index (χ4v) is 4.34. The maximum Gasteiger partial charge on any atom is 0.201 e. The van der Waals surface area contributed by atoms with Crippen LogP contribution in [0.4, 0.5) is 0 Å². The molecule has 0 aliphatic heterocycles. The minimum Gasteiger partial charge on any atom is -0.506 e. The van der Waals surface area contributed by atoms with Gasteiger partial charge in [-0.15, -0.1) is 0 Å². The molecule has 0 amide bonds. The molecule has 0 bridgehead atoms. The lowest BCUT2D eigenvalue weighted by Gasteiger charge is -2.30. The molecule has 0 saturated carbocycles. The van der Waals surface area contributed by atoms with Gasteiger partial charge in [-0.1, -0.05) is 56.3 Å². The number of benzene rings is 2. The fourth-order valence-electron chi connectivity index (χ4n) is 4.17. The van der Waals surface area contributed by atoms with Crippen LogP contribution in [0, 0.1) is 6.92 Å². The predicted molar refractivity (Wildman–Crippen MR) is 124 cm³/mol. The van der Waals surface area contributed by atoms with Crippen molar-refractivity contribution in [2.45, 2.75) is 26.2 Å². The van der Waals surface area contributed by atoms with Crippen molar-refractivity contribution in [1.82, 2.24) is 4.57 Å². The Labute approximate surface area is 181 Å². The Kier molecular flexibility index (Phi) is 4.74. The molecule has 4 heteroatoms. The highest BCUT2D eigenvalue weighted by Crippen LogP contribution is 2.42. The molecule has 152 valence electrons. The Morgan fingerprint density at radius 1 is 1.20 bits per heavy atom. The van der Waals surface area contributed by atoms with Gasteiger partial charge < -0.3 is 9.67 Å². The van der Waals surface area contributed by atoms with Crippen LogP contribution in [0.3, 0.4) is 0 Å². The van der Waals surface area contributed by atoms with E-state index in [9.17, 15) is 9.90 Å². The molecule has 0 atom stereocenters. The van der Waals surface area contributed by atoms with Crippen molar-refractivity contribution in [1.29, 1.82) is 0 Å². The van der Waals surface area contributed by atoms with Gasteiger partial charge in [0.25, 0.3) is 0 Å². The zero-order chi connectivity index (χ0) is 21.8. The molecular formula is C26H24ClNO2. The van der Waals surface area contributed by atoms with E-state index in [1.807, 2.05) is 48.1 Å². The number of hydrogen-bond acceptors (Lipinski definition) is 2. The first-order valence-electron chi connectivity index (χ1n) is 9.83. The molecule has 3 aromatic rings. The van der Waals surface area contributed by atoms with E-state index in [1.54, 1.807) is 6.08 Å². The molecule has 1 aliphatic carbocycles. The van der Waals surface area contributed by atoms with E-state index in [2.05, 4.69) is 39.5 Å². The van der Waals surface area contributed by atoms with Gasteiger partial charge in [0.1, 0.15) is 5.76 Å².